The molecule has 0 fully saturated rings. The maximum atomic E-state index is 12.2. The number of hydrogen-bond acceptors (Lipinski definition) is 4. The van der Waals surface area contributed by atoms with Crippen molar-refractivity contribution in [1.29, 1.82) is 0 Å². The Morgan fingerprint density at radius 3 is 2.52 bits per heavy atom. The van der Waals surface area contributed by atoms with E-state index in [4.69, 9.17) is 0 Å². The Balaban J connectivity index is 0.00000676. The molecule has 0 aliphatic heterocycles. The van der Waals surface area contributed by atoms with Crippen LogP contribution in [0.3, 0.4) is 0 Å². The molecule has 11 heteroatoms. The van der Waals surface area contributed by atoms with Crippen LogP contribution in [0.1, 0.15) is 39.4 Å². The largest absolute Gasteiger partial charge is 0.390 e. The average Bonchev–Trinajstić information content (AvgIpc) is 2.91. The van der Waals surface area contributed by atoms with Crippen LogP contribution in [-0.2, 0) is 13.0 Å². The van der Waals surface area contributed by atoms with E-state index in [1.807, 2.05) is 13.2 Å². The number of guanidine groups is 1. The SMILES string of the molecule is CCNC(=NCCCc1nnc(SC)n1CC(C)C)NCCC(F)(F)F.I. The molecule has 1 heterocycles. The van der Waals surface area contributed by atoms with Crippen molar-refractivity contribution in [3.05, 3.63) is 5.82 Å². The number of hydrogen-bond donors (Lipinski definition) is 2. The maximum Gasteiger partial charge on any atom is 0.390 e. The molecule has 0 spiro atoms. The Labute approximate surface area is 180 Å². The van der Waals surface area contributed by atoms with Crippen molar-refractivity contribution in [2.45, 2.75) is 57.9 Å². The lowest BCUT2D eigenvalue weighted by Gasteiger charge is -2.13. The second-order valence-corrected chi connectivity index (χ2v) is 7.04. The highest BCUT2D eigenvalue weighted by atomic mass is 127. The molecule has 1 rings (SSSR count). The van der Waals surface area contributed by atoms with Gasteiger partial charge in [-0.3, -0.25) is 4.99 Å². The number of alkyl halides is 3. The molecule has 0 radical (unpaired) electrons. The summed E-state index contributed by atoms with van der Waals surface area (Å²) in [5.74, 6) is 1.82. The van der Waals surface area contributed by atoms with Crippen molar-refractivity contribution >= 4 is 41.7 Å². The van der Waals surface area contributed by atoms with Crippen LogP contribution >= 0.6 is 35.7 Å². The number of halogens is 4. The van der Waals surface area contributed by atoms with Gasteiger partial charge in [-0.25, -0.2) is 0 Å². The fourth-order valence-electron chi connectivity index (χ4n) is 2.30. The highest BCUT2D eigenvalue weighted by molar-refractivity contribution is 14.0. The molecule has 0 aliphatic carbocycles. The first-order valence-electron chi connectivity index (χ1n) is 8.81. The predicted octanol–water partition coefficient (Wildman–Crippen LogP) is 3.71. The fraction of sp³-hybridized carbons (Fsp3) is 0.812. The number of thioether (sulfide) groups is 1. The molecule has 0 bridgehead atoms. The molecule has 0 unspecified atom stereocenters. The van der Waals surface area contributed by atoms with Gasteiger partial charge in [0.05, 0.1) is 6.42 Å². The molecule has 0 atom stereocenters. The van der Waals surface area contributed by atoms with Gasteiger partial charge in [0, 0.05) is 32.6 Å². The lowest BCUT2D eigenvalue weighted by Crippen LogP contribution is -2.39. The van der Waals surface area contributed by atoms with Gasteiger partial charge in [0.1, 0.15) is 5.82 Å². The highest BCUT2D eigenvalue weighted by Gasteiger charge is 2.26. The minimum atomic E-state index is -4.17. The molecule has 0 saturated carbocycles. The molecule has 0 aromatic carbocycles. The van der Waals surface area contributed by atoms with Gasteiger partial charge in [0.25, 0.3) is 0 Å². The smallest absolute Gasteiger partial charge is 0.357 e. The first-order chi connectivity index (χ1) is 12.3. The molecule has 0 aliphatic rings. The van der Waals surface area contributed by atoms with Crippen molar-refractivity contribution in [3.63, 3.8) is 0 Å². The first kappa shape index (κ1) is 26.3. The van der Waals surface area contributed by atoms with Crippen molar-refractivity contribution in [3.8, 4) is 0 Å². The predicted molar refractivity (Wildman–Crippen MR) is 115 cm³/mol. The first-order valence-corrected chi connectivity index (χ1v) is 10.0. The number of aryl methyl sites for hydroxylation is 1. The van der Waals surface area contributed by atoms with Crippen LogP contribution in [0.25, 0.3) is 0 Å². The van der Waals surface area contributed by atoms with Crippen molar-refractivity contribution in [2.24, 2.45) is 10.9 Å². The van der Waals surface area contributed by atoms with E-state index < -0.39 is 12.6 Å². The third-order valence-electron chi connectivity index (χ3n) is 3.40. The van der Waals surface area contributed by atoms with Gasteiger partial charge < -0.3 is 15.2 Å². The van der Waals surface area contributed by atoms with E-state index in [0.29, 0.717) is 25.0 Å². The van der Waals surface area contributed by atoms with Crippen LogP contribution in [0.4, 0.5) is 13.2 Å². The summed E-state index contributed by atoms with van der Waals surface area (Å²) in [5.41, 5.74) is 0. The number of nitrogens with one attached hydrogen (secondary N) is 2. The normalized spacial score (nSPS) is 12.2. The molecular weight excluding hydrogens is 492 g/mol. The summed E-state index contributed by atoms with van der Waals surface area (Å²) in [6.45, 7) is 7.95. The van der Waals surface area contributed by atoms with E-state index >= 15 is 0 Å². The average molecular weight is 522 g/mol. The van der Waals surface area contributed by atoms with E-state index in [1.165, 1.54) is 0 Å². The third-order valence-corrected chi connectivity index (χ3v) is 4.06. The quantitative estimate of drug-likeness (QED) is 0.161. The minimum Gasteiger partial charge on any atom is -0.357 e. The van der Waals surface area contributed by atoms with E-state index in [2.05, 4.69) is 44.2 Å². The Hall–Kier alpha value is -0.720. The second kappa shape index (κ2) is 13.5. The number of nitrogens with zero attached hydrogens (tertiary/aromatic N) is 4. The Morgan fingerprint density at radius 1 is 1.26 bits per heavy atom. The number of aliphatic imine (C=N–C) groups is 1. The van der Waals surface area contributed by atoms with Crippen LogP contribution in [0.5, 0.6) is 0 Å². The minimum absolute atomic E-state index is 0. The second-order valence-electron chi connectivity index (χ2n) is 6.26. The van der Waals surface area contributed by atoms with Gasteiger partial charge >= 0.3 is 6.18 Å². The van der Waals surface area contributed by atoms with Crippen LogP contribution in [0, 0.1) is 5.92 Å². The van der Waals surface area contributed by atoms with E-state index in [1.54, 1.807) is 11.8 Å². The highest BCUT2D eigenvalue weighted by Crippen LogP contribution is 2.18. The molecular formula is C16H30F3IN6S. The lowest BCUT2D eigenvalue weighted by molar-refractivity contribution is -0.132. The third kappa shape index (κ3) is 11.0. The van der Waals surface area contributed by atoms with E-state index in [-0.39, 0.29) is 30.5 Å². The summed E-state index contributed by atoms with van der Waals surface area (Å²) in [5, 5.41) is 15.0. The molecule has 6 nitrogen and oxygen atoms in total. The Kier molecular flexibility index (Phi) is 13.1. The summed E-state index contributed by atoms with van der Waals surface area (Å²) >= 11 is 1.57. The summed E-state index contributed by atoms with van der Waals surface area (Å²) < 4.78 is 38.8. The molecule has 158 valence electrons. The molecule has 1 aromatic heterocycles. The van der Waals surface area contributed by atoms with Crippen LogP contribution in [0.2, 0.25) is 0 Å². The number of rotatable bonds is 10. The van der Waals surface area contributed by atoms with Crippen LogP contribution in [0.15, 0.2) is 10.1 Å². The zero-order valence-corrected chi connectivity index (χ0v) is 19.4. The van der Waals surface area contributed by atoms with Gasteiger partial charge in [-0.05, 0) is 25.5 Å². The summed E-state index contributed by atoms with van der Waals surface area (Å²) in [4.78, 5) is 4.33. The lowest BCUT2D eigenvalue weighted by atomic mass is 10.2. The van der Waals surface area contributed by atoms with Crippen molar-refractivity contribution in [2.75, 3.05) is 25.9 Å². The molecule has 1 aromatic rings. The van der Waals surface area contributed by atoms with Gasteiger partial charge in [-0.2, -0.15) is 13.2 Å². The molecule has 0 saturated heterocycles. The zero-order valence-electron chi connectivity index (χ0n) is 16.3. The molecule has 27 heavy (non-hydrogen) atoms. The van der Waals surface area contributed by atoms with Crippen molar-refractivity contribution in [1.82, 2.24) is 25.4 Å². The fourth-order valence-corrected chi connectivity index (χ4v) is 2.82. The standard InChI is InChI=1S/C16H29F3N6S.HI/c1-5-20-14(22-10-8-16(17,18)19)21-9-6-7-13-23-24-15(26-4)25(13)11-12(2)3;/h12H,5-11H2,1-4H3,(H2,20,21,22);1H. The Bertz CT molecular complexity index is 563. The molecule has 2 N–H and O–H groups in total. The summed E-state index contributed by atoms with van der Waals surface area (Å²) in [6, 6.07) is 0. The van der Waals surface area contributed by atoms with Gasteiger partial charge in [-0.1, -0.05) is 25.6 Å². The number of aromatic nitrogens is 3. The summed E-state index contributed by atoms with van der Waals surface area (Å²) in [7, 11) is 0. The van der Waals surface area contributed by atoms with Crippen LogP contribution in [-0.4, -0.2) is 52.8 Å². The van der Waals surface area contributed by atoms with Crippen LogP contribution < -0.4 is 10.6 Å². The monoisotopic (exact) mass is 522 g/mol. The van der Waals surface area contributed by atoms with Gasteiger partial charge in [0.2, 0.25) is 0 Å². The zero-order chi connectivity index (χ0) is 19.6. The van der Waals surface area contributed by atoms with Crippen molar-refractivity contribution < 1.29 is 13.2 Å². The maximum absolute atomic E-state index is 12.2. The summed E-state index contributed by atoms with van der Waals surface area (Å²) in [6.07, 6.45) is -1.59. The molecule has 0 amide bonds. The Morgan fingerprint density at radius 2 is 1.96 bits per heavy atom. The van der Waals surface area contributed by atoms with Gasteiger partial charge in [0.15, 0.2) is 11.1 Å². The van der Waals surface area contributed by atoms with Gasteiger partial charge in [-0.15, -0.1) is 34.2 Å². The van der Waals surface area contributed by atoms with E-state index in [0.717, 1.165) is 30.4 Å². The van der Waals surface area contributed by atoms with E-state index in [9.17, 15) is 13.2 Å². The topological polar surface area (TPSA) is 67.1 Å².